The van der Waals surface area contributed by atoms with Crippen LogP contribution in [-0.4, -0.2) is 40.8 Å². The predicted octanol–water partition coefficient (Wildman–Crippen LogP) is 1.41. The van der Waals surface area contributed by atoms with Gasteiger partial charge in [0.15, 0.2) is 0 Å². The van der Waals surface area contributed by atoms with E-state index in [-0.39, 0.29) is 42.4 Å². The lowest BCUT2D eigenvalue weighted by Crippen LogP contribution is -2.57. The van der Waals surface area contributed by atoms with E-state index in [0.717, 1.165) is 0 Å². The van der Waals surface area contributed by atoms with E-state index >= 15 is 0 Å². The number of halogens is 1. The number of aliphatic carboxylic acids is 1. The summed E-state index contributed by atoms with van der Waals surface area (Å²) in [7, 11) is 0. The van der Waals surface area contributed by atoms with Crippen molar-refractivity contribution in [1.82, 2.24) is 5.32 Å². The molecule has 0 aromatic heterocycles. The van der Waals surface area contributed by atoms with Crippen molar-refractivity contribution in [3.05, 3.63) is 28.8 Å². The molecule has 0 aliphatic carbocycles. The van der Waals surface area contributed by atoms with Crippen LogP contribution in [0.4, 0.5) is 0 Å². The summed E-state index contributed by atoms with van der Waals surface area (Å²) in [6, 6.07) is 4.02. The number of hydrogen-bond donors (Lipinski definition) is 3. The third-order valence-corrected chi connectivity index (χ3v) is 3.55. The van der Waals surface area contributed by atoms with Crippen molar-refractivity contribution in [3.8, 4) is 5.75 Å². The molecular weight excluding hydrogens is 286 g/mol. The van der Waals surface area contributed by atoms with Crippen LogP contribution >= 0.6 is 11.6 Å². The van der Waals surface area contributed by atoms with Crippen LogP contribution in [0, 0.1) is 0 Å². The first kappa shape index (κ1) is 14.6. The second kappa shape index (κ2) is 5.68. The standard InChI is InChI=1S/C13H14ClNO5/c14-8-1-2-10(16)9(7-8)11(17)15-13(12(18)19)3-5-20-6-4-13/h1-2,7,16H,3-6H2,(H,15,17)(H,18,19). The zero-order valence-electron chi connectivity index (χ0n) is 10.6. The number of nitrogens with one attached hydrogen (secondary N) is 1. The molecule has 20 heavy (non-hydrogen) atoms. The first-order chi connectivity index (χ1) is 9.44. The van der Waals surface area contributed by atoms with Crippen molar-refractivity contribution in [1.29, 1.82) is 0 Å². The Labute approximate surface area is 120 Å². The van der Waals surface area contributed by atoms with Crippen molar-refractivity contribution >= 4 is 23.5 Å². The Morgan fingerprint density at radius 2 is 1.95 bits per heavy atom. The zero-order chi connectivity index (χ0) is 14.8. The fourth-order valence-corrected chi connectivity index (χ4v) is 2.26. The van der Waals surface area contributed by atoms with Crippen LogP contribution in [0.2, 0.25) is 5.02 Å². The third kappa shape index (κ3) is 2.86. The molecule has 1 amide bonds. The largest absolute Gasteiger partial charge is 0.507 e. The molecule has 0 bridgehead atoms. The molecule has 1 aromatic rings. The number of carboxylic acids is 1. The van der Waals surface area contributed by atoms with Crippen molar-refractivity contribution in [2.45, 2.75) is 18.4 Å². The maximum Gasteiger partial charge on any atom is 0.329 e. The maximum absolute atomic E-state index is 12.2. The van der Waals surface area contributed by atoms with Crippen molar-refractivity contribution < 1.29 is 24.5 Å². The molecule has 2 rings (SSSR count). The fraction of sp³-hybridized carbons (Fsp3) is 0.385. The fourth-order valence-electron chi connectivity index (χ4n) is 2.09. The number of carboxylic acid groups (broad SMARTS) is 1. The number of phenols is 1. The molecule has 0 atom stereocenters. The second-order valence-electron chi connectivity index (χ2n) is 4.62. The summed E-state index contributed by atoms with van der Waals surface area (Å²) in [4.78, 5) is 23.6. The number of amides is 1. The smallest absolute Gasteiger partial charge is 0.329 e. The molecule has 1 saturated heterocycles. The van der Waals surface area contributed by atoms with Gasteiger partial charge in [-0.15, -0.1) is 0 Å². The van der Waals surface area contributed by atoms with E-state index < -0.39 is 17.4 Å². The number of benzene rings is 1. The molecule has 0 saturated carbocycles. The first-order valence-electron chi connectivity index (χ1n) is 6.07. The van der Waals surface area contributed by atoms with Gasteiger partial charge in [-0.3, -0.25) is 4.79 Å². The minimum absolute atomic E-state index is 0.0513. The highest BCUT2D eigenvalue weighted by molar-refractivity contribution is 6.31. The molecule has 3 N–H and O–H groups in total. The topological polar surface area (TPSA) is 95.9 Å². The average Bonchev–Trinajstić information content (AvgIpc) is 2.42. The summed E-state index contributed by atoms with van der Waals surface area (Å²) in [5, 5.41) is 21.8. The monoisotopic (exact) mass is 299 g/mol. The Bertz CT molecular complexity index is 540. The highest BCUT2D eigenvalue weighted by atomic mass is 35.5. The van der Waals surface area contributed by atoms with Crippen LogP contribution < -0.4 is 5.32 Å². The van der Waals surface area contributed by atoms with E-state index in [2.05, 4.69) is 5.32 Å². The Kier molecular flexibility index (Phi) is 4.15. The summed E-state index contributed by atoms with van der Waals surface area (Å²) >= 11 is 5.77. The number of carbonyl (C=O) groups is 2. The second-order valence-corrected chi connectivity index (χ2v) is 5.05. The van der Waals surface area contributed by atoms with Crippen LogP contribution in [0.1, 0.15) is 23.2 Å². The normalized spacial score (nSPS) is 17.4. The molecule has 1 aliphatic rings. The summed E-state index contributed by atoms with van der Waals surface area (Å²) in [5.74, 6) is -2.04. The van der Waals surface area contributed by atoms with Gasteiger partial charge in [0, 0.05) is 31.1 Å². The minimum atomic E-state index is -1.37. The molecule has 1 heterocycles. The van der Waals surface area contributed by atoms with Gasteiger partial charge in [0.25, 0.3) is 5.91 Å². The van der Waals surface area contributed by atoms with E-state index in [0.29, 0.717) is 0 Å². The number of rotatable bonds is 3. The Hall–Kier alpha value is -1.79. The molecule has 7 heteroatoms. The van der Waals surface area contributed by atoms with E-state index in [4.69, 9.17) is 16.3 Å². The van der Waals surface area contributed by atoms with Crippen LogP contribution in [0.5, 0.6) is 5.75 Å². The molecule has 0 spiro atoms. The van der Waals surface area contributed by atoms with Gasteiger partial charge >= 0.3 is 5.97 Å². The van der Waals surface area contributed by atoms with Gasteiger partial charge in [-0.2, -0.15) is 0 Å². The van der Waals surface area contributed by atoms with E-state index in [1.54, 1.807) is 0 Å². The van der Waals surface area contributed by atoms with Gasteiger partial charge < -0.3 is 20.3 Å². The van der Waals surface area contributed by atoms with E-state index in [1.165, 1.54) is 18.2 Å². The van der Waals surface area contributed by atoms with Gasteiger partial charge in [-0.05, 0) is 18.2 Å². The number of aromatic hydroxyl groups is 1. The molecule has 1 aromatic carbocycles. The van der Waals surface area contributed by atoms with Crippen molar-refractivity contribution in [2.24, 2.45) is 0 Å². The highest BCUT2D eigenvalue weighted by Crippen LogP contribution is 2.25. The van der Waals surface area contributed by atoms with Gasteiger partial charge in [0.2, 0.25) is 0 Å². The lowest BCUT2D eigenvalue weighted by Gasteiger charge is -2.33. The van der Waals surface area contributed by atoms with E-state index in [1.807, 2.05) is 0 Å². The SMILES string of the molecule is O=C(NC1(C(=O)O)CCOCC1)c1cc(Cl)ccc1O. The molecule has 108 valence electrons. The molecule has 0 radical (unpaired) electrons. The van der Waals surface area contributed by atoms with Crippen LogP contribution in [0.15, 0.2) is 18.2 Å². The summed E-state index contributed by atoms with van der Waals surface area (Å²) in [6.45, 7) is 0.516. The highest BCUT2D eigenvalue weighted by Gasteiger charge is 2.42. The molecule has 0 unspecified atom stereocenters. The molecule has 6 nitrogen and oxygen atoms in total. The summed E-state index contributed by atoms with van der Waals surface area (Å²) < 4.78 is 5.12. The van der Waals surface area contributed by atoms with Gasteiger partial charge in [0.1, 0.15) is 11.3 Å². The Balaban J connectivity index is 2.24. The quantitative estimate of drug-likeness (QED) is 0.784. The number of phenolic OH excluding ortho intramolecular Hbond substituents is 1. The summed E-state index contributed by atoms with van der Waals surface area (Å²) in [5.41, 5.74) is -1.42. The van der Waals surface area contributed by atoms with Crippen molar-refractivity contribution in [2.75, 3.05) is 13.2 Å². The maximum atomic E-state index is 12.2. The zero-order valence-corrected chi connectivity index (χ0v) is 11.3. The molecular formula is C13H14ClNO5. The van der Waals surface area contributed by atoms with Gasteiger partial charge in [-0.1, -0.05) is 11.6 Å². The predicted molar refractivity (Wildman–Crippen MR) is 71.0 cm³/mol. The lowest BCUT2D eigenvalue weighted by atomic mass is 9.89. The van der Waals surface area contributed by atoms with Crippen LogP contribution in [0.25, 0.3) is 0 Å². The molecule has 1 fully saturated rings. The lowest BCUT2D eigenvalue weighted by molar-refractivity contribution is -0.148. The molecule has 1 aliphatic heterocycles. The Morgan fingerprint density at radius 3 is 2.55 bits per heavy atom. The summed E-state index contributed by atoms with van der Waals surface area (Å²) in [6.07, 6.45) is 0.352. The number of ether oxygens (including phenoxy) is 1. The van der Waals surface area contributed by atoms with Gasteiger partial charge in [-0.25, -0.2) is 4.79 Å². The minimum Gasteiger partial charge on any atom is -0.507 e. The van der Waals surface area contributed by atoms with Crippen molar-refractivity contribution in [3.63, 3.8) is 0 Å². The number of carbonyl (C=O) groups excluding carboxylic acids is 1. The van der Waals surface area contributed by atoms with Gasteiger partial charge in [0.05, 0.1) is 5.56 Å². The average molecular weight is 300 g/mol. The van der Waals surface area contributed by atoms with Crippen LogP contribution in [0.3, 0.4) is 0 Å². The number of hydrogen-bond acceptors (Lipinski definition) is 4. The first-order valence-corrected chi connectivity index (χ1v) is 6.44. The van der Waals surface area contributed by atoms with E-state index in [9.17, 15) is 19.8 Å². The Morgan fingerprint density at radius 1 is 1.30 bits per heavy atom. The third-order valence-electron chi connectivity index (χ3n) is 3.31. The van der Waals surface area contributed by atoms with Crippen LogP contribution in [-0.2, 0) is 9.53 Å².